The second-order valence-corrected chi connectivity index (χ2v) is 4.10. The summed E-state index contributed by atoms with van der Waals surface area (Å²) in [7, 11) is 1.60. The van der Waals surface area contributed by atoms with Crippen LogP contribution in [0.1, 0.15) is 22.5 Å². The van der Waals surface area contributed by atoms with Gasteiger partial charge in [-0.05, 0) is 30.2 Å². The van der Waals surface area contributed by atoms with Gasteiger partial charge in [-0.1, -0.05) is 36.4 Å². The summed E-state index contributed by atoms with van der Waals surface area (Å²) in [6.07, 6.45) is 3.80. The average molecular weight is 250 g/mol. The lowest BCUT2D eigenvalue weighted by molar-refractivity contribution is 0.411. The summed E-state index contributed by atoms with van der Waals surface area (Å²) >= 11 is 0. The fourth-order valence-electron chi connectivity index (χ4n) is 1.74. The molecule has 0 aliphatic carbocycles. The Bertz CT molecular complexity index is 640. The molecule has 0 spiro atoms. The van der Waals surface area contributed by atoms with Crippen molar-refractivity contribution in [3.63, 3.8) is 0 Å². The Hall–Kier alpha value is -2.60. The molecule has 94 valence electrons. The summed E-state index contributed by atoms with van der Waals surface area (Å²) in [5.41, 5.74) is 2.98. The van der Waals surface area contributed by atoms with E-state index in [1.54, 1.807) is 7.11 Å². The van der Waals surface area contributed by atoms with E-state index in [2.05, 4.69) is 11.1 Å². The molecular formula is C16H14N2O. The van der Waals surface area contributed by atoms with E-state index < -0.39 is 0 Å². The topological polar surface area (TPSA) is 45.9 Å². The predicted octanol–water partition coefficient (Wildman–Crippen LogP) is 3.44. The second-order valence-electron chi connectivity index (χ2n) is 4.10. The molecule has 0 saturated heterocycles. The molecule has 2 rings (SSSR count). The number of aryl methyl sites for hydroxylation is 1. The van der Waals surface area contributed by atoms with Gasteiger partial charge in [0.25, 0.3) is 0 Å². The highest BCUT2D eigenvalue weighted by atomic mass is 16.5. The van der Waals surface area contributed by atoms with Crippen molar-refractivity contribution in [2.75, 3.05) is 7.11 Å². The van der Waals surface area contributed by atoms with Crippen LogP contribution in [0.4, 0.5) is 0 Å². The lowest BCUT2D eigenvalue weighted by atomic mass is 10.1. The van der Waals surface area contributed by atoms with Gasteiger partial charge in [-0.3, -0.25) is 0 Å². The molecule has 0 amide bonds. The van der Waals surface area contributed by atoms with Crippen LogP contribution in [0.15, 0.2) is 36.4 Å². The molecule has 0 aliphatic heterocycles. The molecule has 0 fully saturated rings. The van der Waals surface area contributed by atoms with Gasteiger partial charge in [0.1, 0.15) is 23.2 Å². The molecule has 1 heterocycles. The van der Waals surface area contributed by atoms with E-state index in [4.69, 9.17) is 10.00 Å². The van der Waals surface area contributed by atoms with Gasteiger partial charge in [-0.2, -0.15) is 5.26 Å². The number of nitrogens with zero attached hydrogens (tertiary/aromatic N) is 2. The summed E-state index contributed by atoms with van der Waals surface area (Å²) in [6.45, 7) is 1.85. The summed E-state index contributed by atoms with van der Waals surface area (Å²) in [5.74, 6) is 0.670. The quantitative estimate of drug-likeness (QED) is 0.838. The van der Waals surface area contributed by atoms with Crippen molar-refractivity contribution in [2.45, 2.75) is 6.92 Å². The van der Waals surface area contributed by atoms with Crippen LogP contribution in [0.25, 0.3) is 12.2 Å². The number of hydrogen-bond acceptors (Lipinski definition) is 3. The molecule has 0 bridgehead atoms. The van der Waals surface area contributed by atoms with Crippen LogP contribution >= 0.6 is 0 Å². The largest absolute Gasteiger partial charge is 0.494 e. The van der Waals surface area contributed by atoms with Crippen molar-refractivity contribution in [1.82, 2.24) is 4.98 Å². The average Bonchev–Trinajstić information content (AvgIpc) is 2.46. The predicted molar refractivity (Wildman–Crippen MR) is 75.6 cm³/mol. The molecule has 3 nitrogen and oxygen atoms in total. The maximum atomic E-state index is 9.01. The first-order chi connectivity index (χ1) is 9.24. The van der Waals surface area contributed by atoms with Crippen molar-refractivity contribution in [2.24, 2.45) is 0 Å². The lowest BCUT2D eigenvalue weighted by Gasteiger charge is -2.06. The Labute approximate surface area is 112 Å². The van der Waals surface area contributed by atoms with E-state index >= 15 is 0 Å². The molecular weight excluding hydrogens is 236 g/mol. The Balaban J connectivity index is 2.39. The molecule has 0 N–H and O–H groups in total. The first kappa shape index (κ1) is 12.8. The van der Waals surface area contributed by atoms with Crippen LogP contribution in [0.3, 0.4) is 0 Å². The zero-order valence-corrected chi connectivity index (χ0v) is 10.9. The van der Waals surface area contributed by atoms with Crippen LogP contribution in [0.5, 0.6) is 5.75 Å². The number of ether oxygens (including phenoxy) is 1. The van der Waals surface area contributed by atoms with Gasteiger partial charge in [-0.15, -0.1) is 0 Å². The van der Waals surface area contributed by atoms with Crippen molar-refractivity contribution < 1.29 is 4.74 Å². The number of benzene rings is 1. The highest BCUT2D eigenvalue weighted by Crippen LogP contribution is 2.22. The minimum Gasteiger partial charge on any atom is -0.494 e. The van der Waals surface area contributed by atoms with Crippen molar-refractivity contribution in [3.8, 4) is 11.8 Å². The maximum Gasteiger partial charge on any atom is 0.144 e. The van der Waals surface area contributed by atoms with Crippen molar-refractivity contribution >= 4 is 12.2 Å². The van der Waals surface area contributed by atoms with E-state index in [0.717, 1.165) is 11.1 Å². The van der Waals surface area contributed by atoms with E-state index in [-0.39, 0.29) is 0 Å². The van der Waals surface area contributed by atoms with E-state index in [1.807, 2.05) is 55.5 Å². The monoisotopic (exact) mass is 250 g/mol. The van der Waals surface area contributed by atoms with Crippen LogP contribution in [-0.4, -0.2) is 12.1 Å². The Kier molecular flexibility index (Phi) is 3.94. The van der Waals surface area contributed by atoms with E-state index in [0.29, 0.717) is 17.1 Å². The fraction of sp³-hybridized carbons (Fsp3) is 0.125. The normalized spacial score (nSPS) is 10.4. The first-order valence-corrected chi connectivity index (χ1v) is 5.93. The van der Waals surface area contributed by atoms with Gasteiger partial charge in [0.15, 0.2) is 0 Å². The van der Waals surface area contributed by atoms with Gasteiger partial charge in [-0.25, -0.2) is 4.98 Å². The van der Waals surface area contributed by atoms with Crippen molar-refractivity contribution in [1.29, 1.82) is 5.26 Å². The lowest BCUT2D eigenvalue weighted by Crippen LogP contribution is -1.96. The Morgan fingerprint density at radius 3 is 2.58 bits per heavy atom. The van der Waals surface area contributed by atoms with Crippen LogP contribution < -0.4 is 4.74 Å². The zero-order chi connectivity index (χ0) is 13.7. The summed E-state index contributed by atoms with van der Waals surface area (Å²) in [5, 5.41) is 9.01. The van der Waals surface area contributed by atoms with Crippen LogP contribution in [0, 0.1) is 18.3 Å². The van der Waals surface area contributed by atoms with Crippen molar-refractivity contribution in [3.05, 3.63) is 58.9 Å². The number of rotatable bonds is 3. The third-order valence-corrected chi connectivity index (χ3v) is 2.76. The van der Waals surface area contributed by atoms with Gasteiger partial charge in [0.2, 0.25) is 0 Å². The Morgan fingerprint density at radius 1 is 1.21 bits per heavy atom. The van der Waals surface area contributed by atoms with Crippen LogP contribution in [0.2, 0.25) is 0 Å². The molecule has 1 aromatic carbocycles. The van der Waals surface area contributed by atoms with Gasteiger partial charge < -0.3 is 4.74 Å². The fourth-order valence-corrected chi connectivity index (χ4v) is 1.74. The molecule has 0 atom stereocenters. The third kappa shape index (κ3) is 2.99. The van der Waals surface area contributed by atoms with E-state index in [1.165, 1.54) is 0 Å². The zero-order valence-electron chi connectivity index (χ0n) is 10.9. The summed E-state index contributed by atoms with van der Waals surface area (Å²) in [4.78, 5) is 4.30. The minimum absolute atomic E-state index is 0.425. The molecule has 0 aliphatic rings. The molecule has 0 radical (unpaired) electrons. The molecule has 1 aromatic heterocycles. The van der Waals surface area contributed by atoms with Crippen LogP contribution in [-0.2, 0) is 0 Å². The van der Waals surface area contributed by atoms with E-state index in [9.17, 15) is 0 Å². The SMILES string of the molecule is COc1cc(C)c(C#N)nc1/C=C/c1ccccc1. The number of hydrogen-bond donors (Lipinski definition) is 0. The first-order valence-electron chi connectivity index (χ1n) is 5.93. The van der Waals surface area contributed by atoms with Gasteiger partial charge in [0.05, 0.1) is 7.11 Å². The number of nitriles is 1. The number of methoxy groups -OCH3 is 1. The molecule has 19 heavy (non-hydrogen) atoms. The van der Waals surface area contributed by atoms with Gasteiger partial charge in [0, 0.05) is 0 Å². The standard InChI is InChI=1S/C16H14N2O/c1-12-10-16(19-2)14(18-15(12)11-17)9-8-13-6-4-3-5-7-13/h3-10H,1-2H3/b9-8+. The molecule has 0 saturated carbocycles. The molecule has 3 heteroatoms. The maximum absolute atomic E-state index is 9.01. The number of aromatic nitrogens is 1. The summed E-state index contributed by atoms with van der Waals surface area (Å²) in [6, 6.07) is 13.8. The molecule has 2 aromatic rings. The number of pyridine rings is 1. The molecule has 0 unspecified atom stereocenters. The minimum atomic E-state index is 0.425. The summed E-state index contributed by atoms with van der Waals surface area (Å²) < 4.78 is 5.29. The third-order valence-electron chi connectivity index (χ3n) is 2.76. The highest BCUT2D eigenvalue weighted by molar-refractivity contribution is 5.71. The highest BCUT2D eigenvalue weighted by Gasteiger charge is 2.07. The smallest absolute Gasteiger partial charge is 0.144 e. The Morgan fingerprint density at radius 2 is 1.95 bits per heavy atom. The van der Waals surface area contributed by atoms with Gasteiger partial charge >= 0.3 is 0 Å². The second kappa shape index (κ2) is 5.83.